The fraction of sp³-hybridized carbons (Fsp3) is 0.875. The normalized spacial score (nSPS) is 8.82. The van der Waals surface area contributed by atoms with Gasteiger partial charge in [0.2, 0.25) is 0 Å². The van der Waals surface area contributed by atoms with E-state index in [1.54, 1.807) is 7.11 Å². The van der Waals surface area contributed by atoms with Crippen molar-refractivity contribution in [1.82, 2.24) is 4.90 Å². The van der Waals surface area contributed by atoms with Crippen LogP contribution in [0.3, 0.4) is 0 Å². The van der Waals surface area contributed by atoms with E-state index in [4.69, 9.17) is 4.74 Å². The van der Waals surface area contributed by atoms with E-state index >= 15 is 0 Å². The van der Waals surface area contributed by atoms with Gasteiger partial charge in [0.1, 0.15) is 6.29 Å². The Morgan fingerprint density at radius 1 is 1.45 bits per heavy atom. The molecule has 0 radical (unpaired) electrons. The monoisotopic (exact) mass is 161 g/mol. The largest absolute Gasteiger partial charge is 0.383 e. The van der Waals surface area contributed by atoms with Gasteiger partial charge in [-0.25, -0.2) is 0 Å². The molecule has 0 saturated carbocycles. The van der Waals surface area contributed by atoms with Crippen molar-refractivity contribution in [3.8, 4) is 0 Å². The lowest BCUT2D eigenvalue weighted by atomic mass is 10.5. The molecule has 0 saturated heterocycles. The molecule has 0 aromatic heterocycles. The summed E-state index contributed by atoms with van der Waals surface area (Å²) in [5.41, 5.74) is 0. The molecule has 68 valence electrons. The molecule has 0 fully saturated rings. The van der Waals surface area contributed by atoms with E-state index in [1.165, 1.54) is 0 Å². The molecule has 0 aromatic carbocycles. The summed E-state index contributed by atoms with van der Waals surface area (Å²) >= 11 is 0. The lowest BCUT2D eigenvalue weighted by Crippen LogP contribution is -2.24. The number of hydrogen-bond donors (Lipinski definition) is 0. The van der Waals surface area contributed by atoms with Gasteiger partial charge in [-0.15, -0.1) is 0 Å². The molecule has 0 rings (SSSR count). The Labute approximate surface area is 69.3 Å². The summed E-state index contributed by atoms with van der Waals surface area (Å²) in [6.07, 6.45) is 0.885. The molecule has 0 aliphatic carbocycles. The van der Waals surface area contributed by atoms with Gasteiger partial charge in [-0.1, -0.05) is 13.8 Å². The number of methoxy groups -OCH3 is 1. The van der Waals surface area contributed by atoms with Gasteiger partial charge in [0.05, 0.1) is 13.2 Å². The molecule has 0 amide bonds. The molecule has 0 heterocycles. The van der Waals surface area contributed by atoms with Crippen LogP contribution < -0.4 is 0 Å². The zero-order valence-corrected chi connectivity index (χ0v) is 7.96. The van der Waals surface area contributed by atoms with E-state index in [1.807, 2.05) is 25.8 Å². The summed E-state index contributed by atoms with van der Waals surface area (Å²) in [5, 5.41) is 0. The summed E-state index contributed by atoms with van der Waals surface area (Å²) in [6.45, 7) is 5.99. The third kappa shape index (κ3) is 12.7. The Kier molecular flexibility index (Phi) is 14.7. The summed E-state index contributed by atoms with van der Waals surface area (Å²) in [7, 11) is 3.53. The topological polar surface area (TPSA) is 29.5 Å². The Morgan fingerprint density at radius 2 is 2.00 bits per heavy atom. The van der Waals surface area contributed by atoms with Crippen LogP contribution in [0.25, 0.3) is 0 Å². The van der Waals surface area contributed by atoms with E-state index < -0.39 is 0 Å². The van der Waals surface area contributed by atoms with Crippen LogP contribution in [-0.2, 0) is 9.53 Å². The van der Waals surface area contributed by atoms with Crippen molar-refractivity contribution in [2.75, 3.05) is 33.9 Å². The first-order valence-electron chi connectivity index (χ1n) is 3.92. The van der Waals surface area contributed by atoms with E-state index in [0.717, 1.165) is 12.8 Å². The lowest BCUT2D eigenvalue weighted by Gasteiger charge is -2.10. The van der Waals surface area contributed by atoms with Crippen LogP contribution in [0.2, 0.25) is 0 Å². The number of rotatable bonds is 5. The number of ether oxygens (including phenoxy) is 1. The number of likely N-dealkylation sites (N-methyl/N-ethyl adjacent to an activating group) is 1. The smallest absolute Gasteiger partial charge is 0.133 e. The fourth-order valence-electron chi connectivity index (χ4n) is 0.466. The highest BCUT2D eigenvalue weighted by Gasteiger charge is 1.93. The number of aldehydes is 1. The zero-order chi connectivity index (χ0) is 9.11. The lowest BCUT2D eigenvalue weighted by molar-refractivity contribution is -0.108. The summed E-state index contributed by atoms with van der Waals surface area (Å²) in [5.74, 6) is 0. The Bertz CT molecular complexity index is 76.5. The van der Waals surface area contributed by atoms with Crippen LogP contribution in [0.5, 0.6) is 0 Å². The molecule has 0 N–H and O–H groups in total. The van der Waals surface area contributed by atoms with E-state index in [9.17, 15) is 4.79 Å². The maximum absolute atomic E-state index is 9.90. The van der Waals surface area contributed by atoms with Crippen LogP contribution in [-0.4, -0.2) is 45.0 Å². The number of carbonyl (C=O) groups is 1. The first-order valence-corrected chi connectivity index (χ1v) is 3.92. The van der Waals surface area contributed by atoms with Crippen molar-refractivity contribution in [3.63, 3.8) is 0 Å². The molecule has 0 unspecified atom stereocenters. The van der Waals surface area contributed by atoms with Crippen molar-refractivity contribution in [3.05, 3.63) is 0 Å². The number of hydrogen-bond acceptors (Lipinski definition) is 3. The fourth-order valence-corrected chi connectivity index (χ4v) is 0.466. The number of nitrogens with zero attached hydrogens (tertiary/aromatic N) is 1. The highest BCUT2D eigenvalue weighted by molar-refractivity contribution is 5.51. The highest BCUT2D eigenvalue weighted by Crippen LogP contribution is 1.77. The maximum atomic E-state index is 9.90. The van der Waals surface area contributed by atoms with Crippen molar-refractivity contribution in [1.29, 1.82) is 0 Å². The molecular formula is C8H19NO2. The van der Waals surface area contributed by atoms with Crippen LogP contribution in [0.1, 0.15) is 13.8 Å². The van der Waals surface area contributed by atoms with Crippen molar-refractivity contribution in [2.45, 2.75) is 13.8 Å². The van der Waals surface area contributed by atoms with Crippen molar-refractivity contribution >= 4 is 6.29 Å². The molecule has 0 spiro atoms. The molecule has 0 aromatic rings. The van der Waals surface area contributed by atoms with Crippen LogP contribution in [0.15, 0.2) is 0 Å². The van der Waals surface area contributed by atoms with Gasteiger partial charge >= 0.3 is 0 Å². The van der Waals surface area contributed by atoms with Gasteiger partial charge in [-0.05, 0) is 7.05 Å². The minimum Gasteiger partial charge on any atom is -0.383 e. The Morgan fingerprint density at radius 3 is 2.36 bits per heavy atom. The molecule has 0 aliphatic rings. The predicted octanol–water partition coefficient (Wildman–Crippen LogP) is 0.790. The summed E-state index contributed by atoms with van der Waals surface area (Å²) in [4.78, 5) is 11.8. The molecular weight excluding hydrogens is 142 g/mol. The molecule has 0 aliphatic heterocycles. The first kappa shape index (κ1) is 13.2. The second-order valence-electron chi connectivity index (χ2n) is 1.92. The van der Waals surface area contributed by atoms with Gasteiger partial charge in [0.25, 0.3) is 0 Å². The van der Waals surface area contributed by atoms with Crippen molar-refractivity contribution in [2.24, 2.45) is 0 Å². The highest BCUT2D eigenvalue weighted by atomic mass is 16.5. The second kappa shape index (κ2) is 12.3. The average molecular weight is 161 g/mol. The summed E-state index contributed by atoms with van der Waals surface area (Å²) < 4.78 is 4.80. The molecule has 3 nitrogen and oxygen atoms in total. The minimum absolute atomic E-state index is 0.489. The number of carbonyl (C=O) groups excluding carboxylic acids is 1. The summed E-state index contributed by atoms with van der Waals surface area (Å²) in [6, 6.07) is 0. The standard InChI is InChI=1S/C6H13NO2.C2H6/c1-7(3-5-8)4-6-9-2;1-2/h5H,3-4,6H2,1-2H3;1-2H3. The zero-order valence-electron chi connectivity index (χ0n) is 7.96. The van der Waals surface area contributed by atoms with Crippen LogP contribution >= 0.6 is 0 Å². The minimum atomic E-state index is 0.489. The molecule has 0 atom stereocenters. The SMILES string of the molecule is CC.COCCN(C)CC=O. The maximum Gasteiger partial charge on any atom is 0.133 e. The third-order valence-corrected chi connectivity index (χ3v) is 1.06. The third-order valence-electron chi connectivity index (χ3n) is 1.06. The molecule has 0 bridgehead atoms. The molecule has 3 heteroatoms. The van der Waals surface area contributed by atoms with Gasteiger partial charge in [-0.2, -0.15) is 0 Å². The average Bonchev–Trinajstić information content (AvgIpc) is 2.05. The second-order valence-corrected chi connectivity index (χ2v) is 1.92. The van der Waals surface area contributed by atoms with Gasteiger partial charge in [-0.3, -0.25) is 4.90 Å². The predicted molar refractivity (Wildman–Crippen MR) is 46.8 cm³/mol. The van der Waals surface area contributed by atoms with E-state index in [-0.39, 0.29) is 0 Å². The van der Waals surface area contributed by atoms with Gasteiger partial charge < -0.3 is 9.53 Å². The van der Waals surface area contributed by atoms with Crippen LogP contribution in [0.4, 0.5) is 0 Å². The Hall–Kier alpha value is -0.410. The van der Waals surface area contributed by atoms with Crippen molar-refractivity contribution < 1.29 is 9.53 Å². The Balaban J connectivity index is 0. The van der Waals surface area contributed by atoms with Gasteiger partial charge in [0.15, 0.2) is 0 Å². The van der Waals surface area contributed by atoms with E-state index in [0.29, 0.717) is 13.2 Å². The molecule has 11 heavy (non-hydrogen) atoms. The van der Waals surface area contributed by atoms with E-state index in [2.05, 4.69) is 0 Å². The first-order chi connectivity index (χ1) is 5.31. The quantitative estimate of drug-likeness (QED) is 0.558. The van der Waals surface area contributed by atoms with Crippen LogP contribution in [0, 0.1) is 0 Å². The van der Waals surface area contributed by atoms with Gasteiger partial charge in [0, 0.05) is 13.7 Å².